The lowest BCUT2D eigenvalue weighted by Gasteiger charge is -2.29. The van der Waals surface area contributed by atoms with Gasteiger partial charge in [-0.1, -0.05) is 30.3 Å². The number of fused-ring (bicyclic) bond motifs is 1. The van der Waals surface area contributed by atoms with E-state index in [0.29, 0.717) is 19.1 Å². The van der Waals surface area contributed by atoms with Gasteiger partial charge in [-0.15, -0.1) is 0 Å². The van der Waals surface area contributed by atoms with Crippen LogP contribution in [0.3, 0.4) is 0 Å². The molecule has 0 amide bonds. The Balaban J connectivity index is 1.82. The molecule has 0 bridgehead atoms. The summed E-state index contributed by atoms with van der Waals surface area (Å²) in [4.78, 5) is 5.72. The maximum atomic E-state index is 9.60. The number of benzene rings is 1. The smallest absolute Gasteiger partial charge is 0.0837 e. The van der Waals surface area contributed by atoms with Gasteiger partial charge in [-0.3, -0.25) is 4.84 Å². The van der Waals surface area contributed by atoms with Gasteiger partial charge in [-0.2, -0.15) is 5.06 Å². The Hall–Kier alpha value is -0.940. The van der Waals surface area contributed by atoms with Crippen molar-refractivity contribution in [2.24, 2.45) is 5.92 Å². The van der Waals surface area contributed by atoms with Gasteiger partial charge in [0.25, 0.3) is 0 Å². The molecule has 1 aromatic carbocycles. The minimum atomic E-state index is -0.0899. The Morgan fingerprint density at radius 3 is 2.82 bits per heavy atom. The van der Waals surface area contributed by atoms with E-state index in [9.17, 15) is 5.11 Å². The van der Waals surface area contributed by atoms with Crippen molar-refractivity contribution in [3.05, 3.63) is 35.9 Å². The van der Waals surface area contributed by atoms with Crippen molar-refractivity contribution in [1.82, 2.24) is 5.06 Å². The topological polar surface area (TPSA) is 41.9 Å². The molecule has 2 fully saturated rings. The molecule has 1 aromatic rings. The zero-order chi connectivity index (χ0) is 11.7. The molecule has 0 aliphatic carbocycles. The first-order chi connectivity index (χ1) is 8.40. The molecule has 4 heteroatoms. The van der Waals surface area contributed by atoms with Crippen LogP contribution in [0.5, 0.6) is 0 Å². The standard InChI is InChI=1S/C13H17NO3/c15-6-12(10-4-2-1-3-5-10)14-13-9-16-7-11(13)8-17-14/h1-5,11-13,15H,6-9H2/t11-,12-,13-/m0/s1. The van der Waals surface area contributed by atoms with E-state index in [-0.39, 0.29) is 18.7 Å². The van der Waals surface area contributed by atoms with Crippen molar-refractivity contribution in [1.29, 1.82) is 0 Å². The van der Waals surface area contributed by atoms with E-state index >= 15 is 0 Å². The minimum Gasteiger partial charge on any atom is -0.394 e. The van der Waals surface area contributed by atoms with Gasteiger partial charge in [0.05, 0.1) is 38.5 Å². The summed E-state index contributed by atoms with van der Waals surface area (Å²) in [5.74, 6) is 0.452. The van der Waals surface area contributed by atoms with Gasteiger partial charge in [0.1, 0.15) is 0 Å². The van der Waals surface area contributed by atoms with E-state index in [0.717, 1.165) is 12.2 Å². The molecule has 1 N–H and O–H groups in total. The third kappa shape index (κ3) is 1.98. The average molecular weight is 235 g/mol. The van der Waals surface area contributed by atoms with Crippen LogP contribution < -0.4 is 0 Å². The summed E-state index contributed by atoms with van der Waals surface area (Å²) in [5.41, 5.74) is 1.09. The fraction of sp³-hybridized carbons (Fsp3) is 0.538. The second-order valence-electron chi connectivity index (χ2n) is 4.63. The first-order valence-electron chi connectivity index (χ1n) is 6.05. The third-order valence-corrected chi connectivity index (χ3v) is 3.59. The molecule has 2 aliphatic heterocycles. The predicted molar refractivity (Wildman–Crippen MR) is 62.2 cm³/mol. The number of hydrogen-bond acceptors (Lipinski definition) is 4. The summed E-state index contributed by atoms with van der Waals surface area (Å²) in [7, 11) is 0. The van der Waals surface area contributed by atoms with Crippen LogP contribution in [0, 0.1) is 5.92 Å². The molecule has 3 rings (SSSR count). The molecule has 0 saturated carbocycles. The van der Waals surface area contributed by atoms with Crippen LogP contribution in [-0.4, -0.2) is 42.6 Å². The van der Waals surface area contributed by atoms with Crippen LogP contribution >= 0.6 is 0 Å². The molecule has 0 aromatic heterocycles. The van der Waals surface area contributed by atoms with Crippen LogP contribution in [0.15, 0.2) is 30.3 Å². The van der Waals surface area contributed by atoms with Crippen LogP contribution in [0.1, 0.15) is 11.6 Å². The summed E-state index contributed by atoms with van der Waals surface area (Å²) < 4.78 is 5.47. The molecule has 3 atom stereocenters. The van der Waals surface area contributed by atoms with Crippen molar-refractivity contribution in [3.8, 4) is 0 Å². The Bertz CT molecular complexity index is 370. The van der Waals surface area contributed by atoms with Gasteiger partial charge in [0.15, 0.2) is 0 Å². The van der Waals surface area contributed by atoms with Crippen molar-refractivity contribution in [2.75, 3.05) is 26.4 Å². The number of aliphatic hydroxyl groups excluding tert-OH is 1. The normalized spacial score (nSPS) is 30.4. The molecule has 0 radical (unpaired) electrons. The van der Waals surface area contributed by atoms with Crippen LogP contribution in [0.25, 0.3) is 0 Å². The van der Waals surface area contributed by atoms with Gasteiger partial charge in [-0.05, 0) is 5.56 Å². The molecule has 0 unspecified atom stereocenters. The molecule has 92 valence electrons. The molecular weight excluding hydrogens is 218 g/mol. The van der Waals surface area contributed by atoms with Gasteiger partial charge >= 0.3 is 0 Å². The lowest BCUT2D eigenvalue weighted by molar-refractivity contribution is -0.179. The highest BCUT2D eigenvalue weighted by Crippen LogP contribution is 2.34. The number of rotatable bonds is 3. The SMILES string of the molecule is OC[C@@H](c1ccccc1)N1OC[C@@H]2COC[C@@H]21. The minimum absolute atomic E-state index is 0.0627. The fourth-order valence-electron chi connectivity index (χ4n) is 2.63. The molecule has 0 spiro atoms. The summed E-state index contributed by atoms with van der Waals surface area (Å²) in [6.07, 6.45) is 0. The summed E-state index contributed by atoms with van der Waals surface area (Å²) >= 11 is 0. The quantitative estimate of drug-likeness (QED) is 0.848. The predicted octanol–water partition coefficient (Wildman–Crippen LogP) is 0.982. The van der Waals surface area contributed by atoms with Crippen molar-refractivity contribution < 1.29 is 14.7 Å². The first kappa shape index (κ1) is 11.2. The molecule has 2 saturated heterocycles. The highest BCUT2D eigenvalue weighted by molar-refractivity contribution is 5.19. The van der Waals surface area contributed by atoms with E-state index in [1.54, 1.807) is 0 Å². The van der Waals surface area contributed by atoms with Crippen LogP contribution in [0.2, 0.25) is 0 Å². The van der Waals surface area contributed by atoms with E-state index < -0.39 is 0 Å². The second-order valence-corrected chi connectivity index (χ2v) is 4.63. The van der Waals surface area contributed by atoms with Gasteiger partial charge < -0.3 is 9.84 Å². The zero-order valence-electron chi connectivity index (χ0n) is 9.66. The maximum absolute atomic E-state index is 9.60. The van der Waals surface area contributed by atoms with E-state index in [1.165, 1.54) is 0 Å². The second kappa shape index (κ2) is 4.74. The molecule has 2 heterocycles. The first-order valence-corrected chi connectivity index (χ1v) is 6.05. The van der Waals surface area contributed by atoms with E-state index in [2.05, 4.69) is 0 Å². The zero-order valence-corrected chi connectivity index (χ0v) is 9.66. The van der Waals surface area contributed by atoms with E-state index in [1.807, 2.05) is 35.4 Å². The highest BCUT2D eigenvalue weighted by atomic mass is 16.7. The third-order valence-electron chi connectivity index (χ3n) is 3.59. The van der Waals surface area contributed by atoms with Gasteiger partial charge in [0, 0.05) is 5.92 Å². The summed E-state index contributed by atoms with van der Waals surface area (Å²) in [6, 6.07) is 10.2. The lowest BCUT2D eigenvalue weighted by Crippen LogP contribution is -2.37. The molecule has 2 aliphatic rings. The van der Waals surface area contributed by atoms with Crippen LogP contribution in [0.4, 0.5) is 0 Å². The molecular formula is C13H17NO3. The maximum Gasteiger partial charge on any atom is 0.0837 e. The Kier molecular flexibility index (Phi) is 3.11. The van der Waals surface area contributed by atoms with Crippen molar-refractivity contribution >= 4 is 0 Å². The Morgan fingerprint density at radius 1 is 1.24 bits per heavy atom. The lowest BCUT2D eigenvalue weighted by atomic mass is 10.0. The number of hydrogen-bond donors (Lipinski definition) is 1. The number of aliphatic hydroxyl groups is 1. The van der Waals surface area contributed by atoms with Gasteiger partial charge in [-0.25, -0.2) is 0 Å². The Morgan fingerprint density at radius 2 is 2.06 bits per heavy atom. The monoisotopic (exact) mass is 235 g/mol. The molecule has 17 heavy (non-hydrogen) atoms. The van der Waals surface area contributed by atoms with Crippen LogP contribution in [-0.2, 0) is 9.57 Å². The van der Waals surface area contributed by atoms with E-state index in [4.69, 9.17) is 9.57 Å². The number of ether oxygens (including phenoxy) is 1. The van der Waals surface area contributed by atoms with Crippen molar-refractivity contribution in [2.45, 2.75) is 12.1 Å². The largest absolute Gasteiger partial charge is 0.394 e. The highest BCUT2D eigenvalue weighted by Gasteiger charge is 2.43. The molecule has 4 nitrogen and oxygen atoms in total. The van der Waals surface area contributed by atoms with Gasteiger partial charge in [0.2, 0.25) is 0 Å². The summed E-state index contributed by atoms with van der Waals surface area (Å²) in [5, 5.41) is 11.5. The number of nitrogens with zero attached hydrogens (tertiary/aromatic N) is 1. The Labute approximate surface area is 101 Å². The average Bonchev–Trinajstić information content (AvgIpc) is 2.96. The fourth-order valence-corrected chi connectivity index (χ4v) is 2.63. The number of hydroxylamine groups is 2. The van der Waals surface area contributed by atoms with Crippen molar-refractivity contribution in [3.63, 3.8) is 0 Å². The summed E-state index contributed by atoms with van der Waals surface area (Å²) in [6.45, 7) is 2.24.